The van der Waals surface area contributed by atoms with Crippen molar-refractivity contribution in [1.29, 1.82) is 0 Å². The Bertz CT molecular complexity index is 589. The molecule has 114 valence electrons. The van der Waals surface area contributed by atoms with Crippen molar-refractivity contribution in [2.24, 2.45) is 7.05 Å². The second-order valence-electron chi connectivity index (χ2n) is 5.21. The number of hydrogen-bond acceptors (Lipinski definition) is 5. The molecule has 1 aliphatic heterocycles. The van der Waals surface area contributed by atoms with Crippen LogP contribution in [0.3, 0.4) is 0 Å². The molecule has 1 fully saturated rings. The molecule has 6 nitrogen and oxygen atoms in total. The quantitative estimate of drug-likeness (QED) is 0.851. The molecule has 0 unspecified atom stereocenters. The van der Waals surface area contributed by atoms with Gasteiger partial charge in [0, 0.05) is 31.5 Å². The second kappa shape index (κ2) is 6.81. The molecule has 1 aliphatic rings. The first-order valence-electron chi connectivity index (χ1n) is 7.15. The molecule has 0 aromatic carbocycles. The lowest BCUT2D eigenvalue weighted by Crippen LogP contribution is -2.29. The zero-order chi connectivity index (χ0) is 14.7. The molecule has 0 saturated carbocycles. The Labute approximate surface area is 133 Å². The lowest BCUT2D eigenvalue weighted by Gasteiger charge is -2.21. The van der Waals surface area contributed by atoms with Gasteiger partial charge < -0.3 is 9.88 Å². The van der Waals surface area contributed by atoms with Gasteiger partial charge in [-0.05, 0) is 19.4 Å². The first kappa shape index (κ1) is 14.9. The van der Waals surface area contributed by atoms with Gasteiger partial charge in [0.05, 0.1) is 17.8 Å². The largest absolute Gasteiger partial charge is 0.316 e. The van der Waals surface area contributed by atoms with Crippen LogP contribution >= 0.6 is 23.4 Å². The molecular weight excluding hydrogens is 308 g/mol. The Kier molecular flexibility index (Phi) is 4.82. The average Bonchev–Trinajstić information content (AvgIpc) is 3.07. The predicted molar refractivity (Wildman–Crippen MR) is 83.8 cm³/mol. The van der Waals surface area contributed by atoms with Crippen LogP contribution in [0.25, 0.3) is 0 Å². The molecular formula is C13H19ClN6S. The van der Waals surface area contributed by atoms with Crippen molar-refractivity contribution >= 4 is 23.4 Å². The number of aryl methyl sites for hydroxylation is 1. The van der Waals surface area contributed by atoms with E-state index in [2.05, 4.69) is 32.2 Å². The first-order chi connectivity index (χ1) is 10.2. The highest BCUT2D eigenvalue weighted by Gasteiger charge is 2.21. The van der Waals surface area contributed by atoms with Crippen LogP contribution in [-0.2, 0) is 13.6 Å². The van der Waals surface area contributed by atoms with E-state index >= 15 is 0 Å². The van der Waals surface area contributed by atoms with E-state index in [0.29, 0.717) is 10.9 Å². The third kappa shape index (κ3) is 3.59. The molecule has 0 amide bonds. The van der Waals surface area contributed by atoms with Crippen molar-refractivity contribution in [1.82, 2.24) is 29.9 Å². The molecule has 2 aromatic rings. The van der Waals surface area contributed by atoms with E-state index in [4.69, 9.17) is 11.6 Å². The predicted octanol–water partition coefficient (Wildman–Crippen LogP) is 1.92. The molecule has 0 aliphatic carbocycles. The number of nitrogens with one attached hydrogen (secondary N) is 1. The summed E-state index contributed by atoms with van der Waals surface area (Å²) in [5.74, 6) is 2.47. The summed E-state index contributed by atoms with van der Waals surface area (Å²) in [7, 11) is 2.05. The smallest absolute Gasteiger partial charge is 0.191 e. The van der Waals surface area contributed by atoms with Gasteiger partial charge in [0.1, 0.15) is 5.82 Å². The summed E-state index contributed by atoms with van der Waals surface area (Å²) in [6.07, 6.45) is 5.89. The van der Waals surface area contributed by atoms with Gasteiger partial charge in [-0.15, -0.1) is 10.2 Å². The third-order valence-electron chi connectivity index (χ3n) is 3.68. The minimum atomic E-state index is 0.482. The molecule has 3 rings (SSSR count). The normalized spacial score (nSPS) is 19.0. The summed E-state index contributed by atoms with van der Waals surface area (Å²) < 4.78 is 3.97. The van der Waals surface area contributed by atoms with E-state index in [1.54, 1.807) is 18.0 Å². The van der Waals surface area contributed by atoms with E-state index in [-0.39, 0.29) is 0 Å². The maximum atomic E-state index is 5.85. The van der Waals surface area contributed by atoms with Gasteiger partial charge in [0.25, 0.3) is 0 Å². The number of hydrogen-bond donors (Lipinski definition) is 1. The van der Waals surface area contributed by atoms with Gasteiger partial charge in [0.2, 0.25) is 0 Å². The molecule has 21 heavy (non-hydrogen) atoms. The summed E-state index contributed by atoms with van der Waals surface area (Å²) in [5, 5.41) is 17.9. The highest BCUT2D eigenvalue weighted by molar-refractivity contribution is 7.99. The minimum Gasteiger partial charge on any atom is -0.316 e. The van der Waals surface area contributed by atoms with Crippen LogP contribution in [-0.4, -0.2) is 43.4 Å². The minimum absolute atomic E-state index is 0.482. The van der Waals surface area contributed by atoms with Gasteiger partial charge in [-0.1, -0.05) is 23.4 Å². The Balaban J connectivity index is 1.57. The summed E-state index contributed by atoms with van der Waals surface area (Å²) in [4.78, 5) is 0. The zero-order valence-electron chi connectivity index (χ0n) is 12.0. The molecule has 0 radical (unpaired) electrons. The van der Waals surface area contributed by atoms with Crippen LogP contribution in [0.5, 0.6) is 0 Å². The van der Waals surface area contributed by atoms with Crippen molar-refractivity contribution in [3.8, 4) is 0 Å². The standard InChI is InChI=1S/C13H19ClN6S/c1-19-12(10-3-2-4-15-7-10)17-18-13(19)21-6-5-20-9-11(14)8-16-20/h8-10,15H,2-7H2,1H3/t10-/m0/s1. The van der Waals surface area contributed by atoms with Crippen molar-refractivity contribution in [2.75, 3.05) is 18.8 Å². The molecule has 1 saturated heterocycles. The van der Waals surface area contributed by atoms with Crippen LogP contribution in [0.4, 0.5) is 0 Å². The molecule has 0 bridgehead atoms. The van der Waals surface area contributed by atoms with Gasteiger partial charge in [-0.2, -0.15) is 5.10 Å². The summed E-state index contributed by atoms with van der Waals surface area (Å²) in [5.41, 5.74) is 0. The molecule has 0 spiro atoms. The number of thioether (sulfide) groups is 1. The Morgan fingerprint density at radius 3 is 3.10 bits per heavy atom. The van der Waals surface area contributed by atoms with Gasteiger partial charge in [0.15, 0.2) is 5.16 Å². The molecule has 2 aromatic heterocycles. The maximum Gasteiger partial charge on any atom is 0.191 e. The fourth-order valence-corrected chi connectivity index (χ4v) is 3.57. The maximum absolute atomic E-state index is 5.85. The van der Waals surface area contributed by atoms with Crippen molar-refractivity contribution in [2.45, 2.75) is 30.5 Å². The van der Waals surface area contributed by atoms with E-state index in [9.17, 15) is 0 Å². The summed E-state index contributed by atoms with van der Waals surface area (Å²) in [6, 6.07) is 0. The SMILES string of the molecule is Cn1c(SCCn2cc(Cl)cn2)nnc1[C@H]1CCCNC1. The first-order valence-corrected chi connectivity index (χ1v) is 8.51. The summed E-state index contributed by atoms with van der Waals surface area (Å²) in [6.45, 7) is 2.93. The van der Waals surface area contributed by atoms with Crippen LogP contribution < -0.4 is 5.32 Å². The molecule has 1 N–H and O–H groups in total. The number of rotatable bonds is 5. The second-order valence-corrected chi connectivity index (χ2v) is 6.71. The lowest BCUT2D eigenvalue weighted by molar-refractivity contribution is 0.436. The van der Waals surface area contributed by atoms with Crippen LogP contribution in [0.15, 0.2) is 17.6 Å². The van der Waals surface area contributed by atoms with Crippen LogP contribution in [0, 0.1) is 0 Å². The lowest BCUT2D eigenvalue weighted by atomic mass is 9.99. The Hall–Kier alpha value is -1.05. The molecule has 3 heterocycles. The van der Waals surface area contributed by atoms with E-state index in [1.165, 1.54) is 12.8 Å². The Morgan fingerprint density at radius 2 is 2.38 bits per heavy atom. The summed E-state index contributed by atoms with van der Waals surface area (Å²) >= 11 is 7.55. The van der Waals surface area contributed by atoms with Gasteiger partial charge in [-0.3, -0.25) is 4.68 Å². The van der Waals surface area contributed by atoms with Crippen molar-refractivity contribution in [3.63, 3.8) is 0 Å². The van der Waals surface area contributed by atoms with Crippen LogP contribution in [0.1, 0.15) is 24.6 Å². The van der Waals surface area contributed by atoms with Crippen molar-refractivity contribution < 1.29 is 0 Å². The zero-order valence-corrected chi connectivity index (χ0v) is 13.6. The molecule has 1 atom stereocenters. The van der Waals surface area contributed by atoms with E-state index < -0.39 is 0 Å². The topological polar surface area (TPSA) is 60.6 Å². The van der Waals surface area contributed by atoms with Crippen LogP contribution in [0.2, 0.25) is 5.02 Å². The number of halogens is 1. The Morgan fingerprint density at radius 1 is 1.48 bits per heavy atom. The number of piperidine rings is 1. The highest BCUT2D eigenvalue weighted by Crippen LogP contribution is 2.24. The van der Waals surface area contributed by atoms with Crippen molar-refractivity contribution in [3.05, 3.63) is 23.2 Å². The van der Waals surface area contributed by atoms with E-state index in [1.807, 2.05) is 10.9 Å². The number of aromatic nitrogens is 5. The van der Waals surface area contributed by atoms with E-state index in [0.717, 1.165) is 36.4 Å². The highest BCUT2D eigenvalue weighted by atomic mass is 35.5. The number of nitrogens with zero attached hydrogens (tertiary/aromatic N) is 5. The third-order valence-corrected chi connectivity index (χ3v) is 4.88. The van der Waals surface area contributed by atoms with Gasteiger partial charge in [-0.25, -0.2) is 0 Å². The molecule has 8 heteroatoms. The average molecular weight is 327 g/mol. The fraction of sp³-hybridized carbons (Fsp3) is 0.615. The van der Waals surface area contributed by atoms with Gasteiger partial charge >= 0.3 is 0 Å². The monoisotopic (exact) mass is 326 g/mol. The fourth-order valence-electron chi connectivity index (χ4n) is 2.57.